The molecule has 14 nitrogen and oxygen atoms in total. The molecule has 0 aromatic heterocycles. The third-order valence-corrected chi connectivity index (χ3v) is 16.7. The highest BCUT2D eigenvalue weighted by atomic mass is 16.7. The second-order valence-electron chi connectivity index (χ2n) is 24.0. The molecule has 2 rings (SSSR count). The molecule has 1 amide bonds. The van der Waals surface area contributed by atoms with Crippen molar-refractivity contribution < 1.29 is 64.6 Å². The Hall–Kier alpha value is -1.53. The number of hydrogen-bond donors (Lipinski definition) is 9. The minimum absolute atomic E-state index is 0.218. The highest BCUT2D eigenvalue weighted by Crippen LogP contribution is 2.30. The largest absolute Gasteiger partial charge is 0.394 e. The van der Waals surface area contributed by atoms with E-state index in [0.29, 0.717) is 12.8 Å². The van der Waals surface area contributed by atoms with Gasteiger partial charge in [0.1, 0.15) is 48.8 Å². The zero-order chi connectivity index (χ0) is 58.1. The summed E-state index contributed by atoms with van der Waals surface area (Å²) in [5.41, 5.74) is 0. The van der Waals surface area contributed by atoms with Crippen molar-refractivity contribution in [3.8, 4) is 0 Å². The van der Waals surface area contributed by atoms with Gasteiger partial charge in [-0.3, -0.25) is 4.79 Å². The molecule has 2 saturated heterocycles. The van der Waals surface area contributed by atoms with Crippen molar-refractivity contribution in [2.24, 2.45) is 0 Å². The first-order valence-electron chi connectivity index (χ1n) is 33.6. The zero-order valence-corrected chi connectivity index (χ0v) is 51.1. The standard InChI is InChI=1S/C66H125NO13/c1-3-5-7-9-11-13-15-17-18-19-20-21-22-23-24-25-26-27-28-29-30-31-32-33-34-35-36-38-39-41-43-45-47-49-55(70)54(67-58(71)50-48-46-44-42-40-37-16-14-12-10-8-6-4-2)53-77-65-63(76)61(74)64(57(52-69)79-65)80-66-62(75)60(73)59(72)56(51-68)78-66/h8,10,14,16,54-57,59-66,68-70,72-76H,3-7,9,11-13,15,17-53H2,1-2H3,(H,67,71)/b10-8-,16-14-. The predicted octanol–water partition coefficient (Wildman–Crippen LogP) is 12.8. The Morgan fingerprint density at radius 2 is 0.850 bits per heavy atom. The maximum Gasteiger partial charge on any atom is 0.220 e. The fourth-order valence-electron chi connectivity index (χ4n) is 11.3. The van der Waals surface area contributed by atoms with Crippen molar-refractivity contribution in [3.63, 3.8) is 0 Å². The number of amides is 1. The van der Waals surface area contributed by atoms with Gasteiger partial charge < -0.3 is 65.1 Å². The van der Waals surface area contributed by atoms with Gasteiger partial charge in [0.2, 0.25) is 5.91 Å². The molecule has 0 aliphatic carbocycles. The van der Waals surface area contributed by atoms with Crippen molar-refractivity contribution in [2.75, 3.05) is 19.8 Å². The monoisotopic (exact) mass is 1140 g/mol. The quantitative estimate of drug-likeness (QED) is 0.0204. The lowest BCUT2D eigenvalue weighted by atomic mass is 9.97. The Morgan fingerprint density at radius 3 is 1.30 bits per heavy atom. The fourth-order valence-corrected chi connectivity index (χ4v) is 11.3. The summed E-state index contributed by atoms with van der Waals surface area (Å²) in [6, 6.07) is -0.835. The maximum absolute atomic E-state index is 13.3. The molecular weight excluding hydrogens is 1010 g/mol. The number of hydrogen-bond acceptors (Lipinski definition) is 13. The molecule has 0 saturated carbocycles. The topological polar surface area (TPSA) is 228 Å². The molecule has 2 aliphatic heterocycles. The Bertz CT molecular complexity index is 1440. The van der Waals surface area contributed by atoms with Crippen LogP contribution in [0.1, 0.15) is 296 Å². The van der Waals surface area contributed by atoms with Crippen LogP contribution in [-0.4, -0.2) is 140 Å². The minimum atomic E-state index is -1.78. The van der Waals surface area contributed by atoms with Gasteiger partial charge in [-0.1, -0.05) is 276 Å². The number of aliphatic hydroxyl groups excluding tert-OH is 8. The molecule has 2 fully saturated rings. The van der Waals surface area contributed by atoms with E-state index in [9.17, 15) is 45.6 Å². The summed E-state index contributed by atoms with van der Waals surface area (Å²) in [5.74, 6) is -0.218. The van der Waals surface area contributed by atoms with Gasteiger partial charge in [0, 0.05) is 6.42 Å². The minimum Gasteiger partial charge on any atom is -0.394 e. The van der Waals surface area contributed by atoms with Gasteiger partial charge in [0.05, 0.1) is 32.0 Å². The number of carbonyl (C=O) groups is 1. The lowest BCUT2D eigenvalue weighted by Gasteiger charge is -2.46. The number of unbranched alkanes of at least 4 members (excludes halogenated alkanes) is 38. The fraction of sp³-hybridized carbons (Fsp3) is 0.924. The van der Waals surface area contributed by atoms with Crippen molar-refractivity contribution in [2.45, 2.75) is 370 Å². The van der Waals surface area contributed by atoms with E-state index < -0.39 is 86.8 Å². The predicted molar refractivity (Wildman–Crippen MR) is 323 cm³/mol. The van der Waals surface area contributed by atoms with Crippen LogP contribution in [-0.2, 0) is 23.7 Å². The molecule has 472 valence electrons. The van der Waals surface area contributed by atoms with Crippen molar-refractivity contribution >= 4 is 5.91 Å². The second-order valence-corrected chi connectivity index (χ2v) is 24.0. The van der Waals surface area contributed by atoms with Crippen molar-refractivity contribution in [1.29, 1.82) is 0 Å². The van der Waals surface area contributed by atoms with Crippen molar-refractivity contribution in [1.82, 2.24) is 5.32 Å². The molecule has 80 heavy (non-hydrogen) atoms. The highest BCUT2D eigenvalue weighted by molar-refractivity contribution is 5.76. The average molecular weight is 1140 g/mol. The van der Waals surface area contributed by atoms with E-state index in [4.69, 9.17) is 18.9 Å². The number of nitrogens with one attached hydrogen (secondary N) is 1. The first-order valence-corrected chi connectivity index (χ1v) is 33.6. The summed E-state index contributed by atoms with van der Waals surface area (Å²) in [6.45, 7) is 2.81. The van der Waals surface area contributed by atoms with Gasteiger partial charge in [0.25, 0.3) is 0 Å². The van der Waals surface area contributed by atoms with Gasteiger partial charge in [-0.05, 0) is 38.5 Å². The smallest absolute Gasteiger partial charge is 0.220 e. The third-order valence-electron chi connectivity index (χ3n) is 16.7. The van der Waals surface area contributed by atoms with E-state index in [1.807, 2.05) is 0 Å². The van der Waals surface area contributed by atoms with Gasteiger partial charge in [-0.2, -0.15) is 0 Å². The molecular formula is C66H125NO13. The van der Waals surface area contributed by atoms with E-state index in [-0.39, 0.29) is 18.9 Å². The third kappa shape index (κ3) is 36.3. The molecule has 12 atom stereocenters. The summed E-state index contributed by atoms with van der Waals surface area (Å²) >= 11 is 0. The lowest BCUT2D eigenvalue weighted by Crippen LogP contribution is -2.65. The zero-order valence-electron chi connectivity index (χ0n) is 51.1. The Kier molecular flexibility index (Phi) is 48.3. The van der Waals surface area contributed by atoms with Gasteiger partial charge in [-0.15, -0.1) is 0 Å². The number of allylic oxidation sites excluding steroid dienone is 4. The number of ether oxygens (including phenoxy) is 4. The normalized spacial score (nSPS) is 24.3. The molecule has 0 aromatic rings. The molecule has 12 unspecified atom stereocenters. The van der Waals surface area contributed by atoms with Crippen LogP contribution in [0.5, 0.6) is 0 Å². The van der Waals surface area contributed by atoms with Crippen LogP contribution >= 0.6 is 0 Å². The van der Waals surface area contributed by atoms with Crippen molar-refractivity contribution in [3.05, 3.63) is 24.3 Å². The summed E-state index contributed by atoms with van der Waals surface area (Å²) in [7, 11) is 0. The Morgan fingerprint density at radius 1 is 0.450 bits per heavy atom. The van der Waals surface area contributed by atoms with E-state index in [1.54, 1.807) is 0 Å². The van der Waals surface area contributed by atoms with Crippen LogP contribution in [0.15, 0.2) is 24.3 Å². The number of rotatable bonds is 55. The second kappa shape index (κ2) is 51.9. The van der Waals surface area contributed by atoms with Crippen LogP contribution in [0.4, 0.5) is 0 Å². The molecule has 0 aromatic carbocycles. The molecule has 0 bridgehead atoms. The van der Waals surface area contributed by atoms with Crippen LogP contribution in [0.3, 0.4) is 0 Å². The SMILES string of the molecule is CCC/C=C\C/C=C\CCCCCCCC(=O)NC(COC1OC(CO)C(OC2OC(CO)C(O)C(O)C2O)C(O)C1O)C(O)CCCCCCCCCCCCCCCCCCCCCCCCCCCCCCCCCCC. The van der Waals surface area contributed by atoms with Crippen LogP contribution in [0.25, 0.3) is 0 Å². The summed E-state index contributed by atoms with van der Waals surface area (Å²) in [6.07, 6.45) is 46.5. The van der Waals surface area contributed by atoms with Crippen LogP contribution < -0.4 is 5.32 Å². The summed E-state index contributed by atoms with van der Waals surface area (Å²) < 4.78 is 22.8. The average Bonchev–Trinajstić information content (AvgIpc) is 3.47. The molecule has 14 heteroatoms. The molecule has 2 aliphatic rings. The van der Waals surface area contributed by atoms with E-state index in [1.165, 1.54) is 186 Å². The Labute approximate surface area is 488 Å². The van der Waals surface area contributed by atoms with Gasteiger partial charge in [-0.25, -0.2) is 0 Å². The first-order chi connectivity index (χ1) is 39.1. The van der Waals surface area contributed by atoms with E-state index in [2.05, 4.69) is 43.5 Å². The van der Waals surface area contributed by atoms with Crippen LogP contribution in [0, 0.1) is 0 Å². The number of aliphatic hydroxyl groups is 8. The van der Waals surface area contributed by atoms with Crippen LogP contribution in [0.2, 0.25) is 0 Å². The lowest BCUT2D eigenvalue weighted by molar-refractivity contribution is -0.359. The summed E-state index contributed by atoms with van der Waals surface area (Å²) in [5, 5.41) is 87.3. The van der Waals surface area contributed by atoms with Gasteiger partial charge >= 0.3 is 0 Å². The summed E-state index contributed by atoms with van der Waals surface area (Å²) in [4.78, 5) is 13.3. The first kappa shape index (κ1) is 74.6. The highest BCUT2D eigenvalue weighted by Gasteiger charge is 2.51. The molecule has 0 spiro atoms. The van der Waals surface area contributed by atoms with E-state index >= 15 is 0 Å². The number of carbonyl (C=O) groups excluding carboxylic acids is 1. The molecule has 2 heterocycles. The molecule has 0 radical (unpaired) electrons. The molecule has 9 N–H and O–H groups in total. The Balaban J connectivity index is 1.61. The van der Waals surface area contributed by atoms with Gasteiger partial charge in [0.15, 0.2) is 12.6 Å². The van der Waals surface area contributed by atoms with E-state index in [0.717, 1.165) is 77.0 Å². The maximum atomic E-state index is 13.3.